The molecular weight excluding hydrogens is 366 g/mol. The van der Waals surface area contributed by atoms with E-state index in [9.17, 15) is 5.11 Å². The number of rotatable bonds is 19. The number of hydrogen-bond acceptors (Lipinski definition) is 5. The Labute approximate surface area is 180 Å². The Balaban J connectivity index is 1.74. The number of hydrogen-bond donors (Lipinski definition) is 2. The molecule has 0 aromatic carbocycles. The monoisotopic (exact) mass is 415 g/mol. The minimum atomic E-state index is -0.194. The summed E-state index contributed by atoms with van der Waals surface area (Å²) < 4.78 is 0. The molecule has 168 valence electrons. The summed E-state index contributed by atoms with van der Waals surface area (Å²) in [6.45, 7) is 6.89. The van der Waals surface area contributed by atoms with E-state index in [0.717, 1.165) is 38.5 Å². The lowest BCUT2D eigenvalue weighted by Gasteiger charge is -2.33. The highest BCUT2D eigenvalue weighted by Crippen LogP contribution is 2.14. The minimum Gasteiger partial charge on any atom is -0.391 e. The summed E-state index contributed by atoms with van der Waals surface area (Å²) in [5.41, 5.74) is 0. The van der Waals surface area contributed by atoms with Crippen molar-refractivity contribution in [3.63, 3.8) is 0 Å². The molecule has 1 aliphatic rings. The third-order valence-electron chi connectivity index (χ3n) is 5.83. The van der Waals surface area contributed by atoms with E-state index in [-0.39, 0.29) is 6.10 Å². The Morgan fingerprint density at radius 2 is 1.21 bits per heavy atom. The Morgan fingerprint density at radius 1 is 0.750 bits per heavy atom. The van der Waals surface area contributed by atoms with Crippen molar-refractivity contribution < 1.29 is 5.11 Å². The number of piperazine rings is 1. The molecule has 3 N–H and O–H groups in total. The van der Waals surface area contributed by atoms with Gasteiger partial charge in [-0.05, 0) is 12.2 Å². The molecule has 0 radical (unpaired) electrons. The molecule has 1 aliphatic heterocycles. The predicted octanol–water partition coefficient (Wildman–Crippen LogP) is 5.05. The Morgan fingerprint density at radius 3 is 1.71 bits per heavy atom. The van der Waals surface area contributed by atoms with Gasteiger partial charge in [-0.3, -0.25) is 10.7 Å². The van der Waals surface area contributed by atoms with Gasteiger partial charge in [-0.1, -0.05) is 90.4 Å². The molecule has 0 aromatic heterocycles. The van der Waals surface area contributed by atoms with E-state index in [4.69, 9.17) is 5.84 Å². The van der Waals surface area contributed by atoms with Crippen molar-refractivity contribution in [3.8, 4) is 0 Å². The first-order valence-corrected chi connectivity index (χ1v) is 13.4. The SMILES string of the molecule is CCCCCCCCCCCCCCCCSC[C@@H](O)CN1CCN(N)CC1. The van der Waals surface area contributed by atoms with Gasteiger partial charge in [0.15, 0.2) is 0 Å². The number of β-amino-alcohol motifs (C(OH)–C–C–N with tert-alkyl or cyclic N) is 1. The number of nitrogens with two attached hydrogens (primary N) is 1. The van der Waals surface area contributed by atoms with E-state index in [0.29, 0.717) is 0 Å². The Kier molecular flexibility index (Phi) is 18.0. The van der Waals surface area contributed by atoms with Gasteiger partial charge in [0.05, 0.1) is 6.10 Å². The van der Waals surface area contributed by atoms with Gasteiger partial charge >= 0.3 is 0 Å². The molecule has 1 atom stereocenters. The van der Waals surface area contributed by atoms with Crippen LogP contribution in [0.2, 0.25) is 0 Å². The van der Waals surface area contributed by atoms with Crippen molar-refractivity contribution >= 4 is 11.8 Å². The van der Waals surface area contributed by atoms with Crippen LogP contribution in [-0.2, 0) is 0 Å². The van der Waals surface area contributed by atoms with E-state index in [1.807, 2.05) is 16.8 Å². The van der Waals surface area contributed by atoms with Crippen LogP contribution in [-0.4, -0.2) is 65.3 Å². The van der Waals surface area contributed by atoms with Crippen molar-refractivity contribution in [1.82, 2.24) is 9.91 Å². The molecule has 1 saturated heterocycles. The van der Waals surface area contributed by atoms with Crippen LogP contribution in [0, 0.1) is 0 Å². The number of aliphatic hydroxyl groups is 1. The fourth-order valence-corrected chi connectivity index (χ4v) is 4.87. The van der Waals surface area contributed by atoms with Gasteiger partial charge in [0.25, 0.3) is 0 Å². The molecule has 0 amide bonds. The largest absolute Gasteiger partial charge is 0.391 e. The molecular formula is C23H49N3OS. The lowest BCUT2D eigenvalue weighted by molar-refractivity contribution is 0.0829. The third-order valence-corrected chi connectivity index (χ3v) is 7.03. The summed E-state index contributed by atoms with van der Waals surface area (Å²) in [6, 6.07) is 0. The summed E-state index contributed by atoms with van der Waals surface area (Å²) in [5, 5.41) is 12.0. The minimum absolute atomic E-state index is 0.194. The number of thioether (sulfide) groups is 1. The predicted molar refractivity (Wildman–Crippen MR) is 126 cm³/mol. The molecule has 1 fully saturated rings. The third kappa shape index (κ3) is 16.0. The second-order valence-corrected chi connectivity index (χ2v) is 9.81. The van der Waals surface area contributed by atoms with Crippen molar-refractivity contribution in [2.45, 2.75) is 103 Å². The van der Waals surface area contributed by atoms with Crippen LogP contribution in [0.4, 0.5) is 0 Å². The summed E-state index contributed by atoms with van der Waals surface area (Å²) in [6.07, 6.45) is 19.6. The van der Waals surface area contributed by atoms with Gasteiger partial charge < -0.3 is 5.11 Å². The van der Waals surface area contributed by atoms with E-state index in [1.54, 1.807) is 0 Å². The van der Waals surface area contributed by atoms with Gasteiger partial charge in [-0.2, -0.15) is 11.8 Å². The molecule has 0 spiro atoms. The second-order valence-electron chi connectivity index (χ2n) is 8.66. The van der Waals surface area contributed by atoms with Crippen molar-refractivity contribution in [2.75, 3.05) is 44.2 Å². The average Bonchev–Trinajstić information content (AvgIpc) is 2.69. The van der Waals surface area contributed by atoms with Crippen molar-refractivity contribution in [1.29, 1.82) is 0 Å². The molecule has 0 unspecified atom stereocenters. The second kappa shape index (κ2) is 19.2. The molecule has 0 aromatic rings. The van der Waals surface area contributed by atoms with Crippen LogP contribution < -0.4 is 5.84 Å². The Hall–Kier alpha value is 0.190. The average molecular weight is 416 g/mol. The maximum atomic E-state index is 10.2. The normalized spacial score (nSPS) is 17.2. The fourth-order valence-electron chi connectivity index (χ4n) is 3.91. The summed E-state index contributed by atoms with van der Waals surface area (Å²) >= 11 is 1.92. The fraction of sp³-hybridized carbons (Fsp3) is 1.00. The zero-order chi connectivity index (χ0) is 20.3. The van der Waals surface area contributed by atoms with Crippen LogP contribution in [0.1, 0.15) is 96.8 Å². The standard InChI is InChI=1S/C23H49N3OS/c1-2-3-4-5-6-7-8-9-10-11-12-13-14-15-20-28-22-23(27)21-25-16-18-26(24)19-17-25/h23,27H,2-22,24H2,1H3/t23-/m0/s1. The number of nitrogens with zero attached hydrogens (tertiary/aromatic N) is 2. The molecule has 1 rings (SSSR count). The smallest absolute Gasteiger partial charge is 0.0757 e. The van der Waals surface area contributed by atoms with Crippen LogP contribution in [0.3, 0.4) is 0 Å². The van der Waals surface area contributed by atoms with E-state index < -0.39 is 0 Å². The van der Waals surface area contributed by atoms with Crippen LogP contribution in [0.15, 0.2) is 0 Å². The van der Waals surface area contributed by atoms with Gasteiger partial charge in [-0.15, -0.1) is 0 Å². The summed E-state index contributed by atoms with van der Waals surface area (Å²) in [5.74, 6) is 7.85. The molecule has 0 bridgehead atoms. The molecule has 1 heterocycles. The molecule has 28 heavy (non-hydrogen) atoms. The zero-order valence-corrected chi connectivity index (χ0v) is 19.6. The lowest BCUT2D eigenvalue weighted by atomic mass is 10.0. The molecule has 5 heteroatoms. The summed E-state index contributed by atoms with van der Waals surface area (Å²) in [4.78, 5) is 2.33. The first-order valence-electron chi connectivity index (χ1n) is 12.2. The van der Waals surface area contributed by atoms with Gasteiger partial charge in [0.2, 0.25) is 0 Å². The van der Waals surface area contributed by atoms with Crippen molar-refractivity contribution in [2.24, 2.45) is 5.84 Å². The zero-order valence-electron chi connectivity index (χ0n) is 18.8. The van der Waals surface area contributed by atoms with Crippen LogP contribution >= 0.6 is 11.8 Å². The highest BCUT2D eigenvalue weighted by atomic mass is 32.2. The van der Waals surface area contributed by atoms with Gasteiger partial charge in [0, 0.05) is 38.5 Å². The Bertz CT molecular complexity index is 325. The number of aliphatic hydroxyl groups excluding tert-OH is 1. The molecule has 4 nitrogen and oxygen atoms in total. The lowest BCUT2D eigenvalue weighted by Crippen LogP contribution is -2.51. The van der Waals surface area contributed by atoms with E-state index >= 15 is 0 Å². The maximum Gasteiger partial charge on any atom is 0.0757 e. The van der Waals surface area contributed by atoms with Crippen LogP contribution in [0.5, 0.6) is 0 Å². The topological polar surface area (TPSA) is 52.7 Å². The first kappa shape index (κ1) is 26.2. The first-order chi connectivity index (χ1) is 13.7. The van der Waals surface area contributed by atoms with Gasteiger partial charge in [0.1, 0.15) is 0 Å². The molecule has 0 saturated carbocycles. The highest BCUT2D eigenvalue weighted by Gasteiger charge is 2.17. The summed E-state index contributed by atoms with van der Waals surface area (Å²) in [7, 11) is 0. The maximum absolute atomic E-state index is 10.2. The molecule has 0 aliphatic carbocycles. The van der Waals surface area contributed by atoms with Gasteiger partial charge in [-0.25, -0.2) is 5.01 Å². The number of hydrazine groups is 1. The van der Waals surface area contributed by atoms with E-state index in [1.165, 1.54) is 95.6 Å². The van der Waals surface area contributed by atoms with Crippen molar-refractivity contribution in [3.05, 3.63) is 0 Å². The highest BCUT2D eigenvalue weighted by molar-refractivity contribution is 7.99. The number of unbranched alkanes of at least 4 members (excludes halogenated alkanes) is 13. The van der Waals surface area contributed by atoms with Crippen LogP contribution in [0.25, 0.3) is 0 Å². The van der Waals surface area contributed by atoms with E-state index in [2.05, 4.69) is 11.8 Å². The quantitative estimate of drug-likeness (QED) is 0.228.